The fourth-order valence-electron chi connectivity index (χ4n) is 2.51. The number of thioether (sulfide) groups is 1. The molecule has 0 saturated carbocycles. The molecule has 0 spiro atoms. The van der Waals surface area contributed by atoms with Crippen LogP contribution in [0, 0.1) is 0 Å². The van der Waals surface area contributed by atoms with E-state index < -0.39 is 22.3 Å². The van der Waals surface area contributed by atoms with E-state index in [1.54, 1.807) is 6.20 Å². The molecule has 0 aliphatic carbocycles. The van der Waals surface area contributed by atoms with Crippen LogP contribution in [0.1, 0.15) is 5.56 Å². The summed E-state index contributed by atoms with van der Waals surface area (Å²) in [6, 6.07) is 10.8. The maximum absolute atomic E-state index is 14.5. The van der Waals surface area contributed by atoms with Crippen LogP contribution in [0.25, 0.3) is 0 Å². The lowest BCUT2D eigenvalue weighted by Gasteiger charge is -2.21. The molecular formula is C18H17F2N3O3S. The van der Waals surface area contributed by atoms with Crippen LogP contribution in [0.3, 0.4) is 0 Å². The van der Waals surface area contributed by atoms with Gasteiger partial charge in [-0.3, -0.25) is 14.9 Å². The molecule has 1 unspecified atom stereocenters. The number of aromatic nitrogens is 1. The molecule has 2 amide bonds. The van der Waals surface area contributed by atoms with Crippen molar-refractivity contribution in [1.29, 1.82) is 0 Å². The number of benzene rings is 1. The lowest BCUT2D eigenvalue weighted by molar-refractivity contribution is -0.125. The van der Waals surface area contributed by atoms with Gasteiger partial charge in [0.2, 0.25) is 5.91 Å². The van der Waals surface area contributed by atoms with Gasteiger partial charge >= 0.3 is 0 Å². The van der Waals surface area contributed by atoms with Gasteiger partial charge in [-0.05, 0) is 48.2 Å². The maximum Gasteiger partial charge on any atom is 0.294 e. The first kappa shape index (κ1) is 19.1. The summed E-state index contributed by atoms with van der Waals surface area (Å²) in [6.45, 7) is 0.911. The fraction of sp³-hybridized carbons (Fsp3) is 0.278. The number of nitrogens with zero attached hydrogens (tertiary/aromatic N) is 2. The monoisotopic (exact) mass is 393 g/mol. The van der Waals surface area contributed by atoms with Crippen molar-refractivity contribution in [3.8, 4) is 5.75 Å². The molecule has 0 radical (unpaired) electrons. The molecule has 1 aliphatic rings. The third-order valence-electron chi connectivity index (χ3n) is 3.99. The number of ether oxygens (including phenoxy) is 1. The zero-order chi connectivity index (χ0) is 19.4. The summed E-state index contributed by atoms with van der Waals surface area (Å²) in [5, 5.41) is -0.646. The number of carbonyl (C=O) groups excluding carboxylic acids is 2. The Hall–Kier alpha value is -2.68. The minimum atomic E-state index is -3.46. The van der Waals surface area contributed by atoms with Crippen molar-refractivity contribution in [3.63, 3.8) is 0 Å². The first-order valence-corrected chi connectivity index (χ1v) is 9.00. The van der Waals surface area contributed by atoms with Gasteiger partial charge in [-0.15, -0.1) is 0 Å². The number of nitrogens with one attached hydrogen (secondary N) is 1. The Balaban J connectivity index is 1.57. The van der Waals surface area contributed by atoms with Gasteiger partial charge in [-0.25, -0.2) is 4.98 Å². The first-order valence-electron chi connectivity index (χ1n) is 8.13. The van der Waals surface area contributed by atoms with E-state index in [-0.39, 0.29) is 5.56 Å². The Kier molecular flexibility index (Phi) is 5.59. The molecule has 1 fully saturated rings. The van der Waals surface area contributed by atoms with Gasteiger partial charge in [0.05, 0.1) is 6.54 Å². The van der Waals surface area contributed by atoms with E-state index in [4.69, 9.17) is 4.74 Å². The molecule has 2 heterocycles. The molecule has 1 aromatic carbocycles. The van der Waals surface area contributed by atoms with E-state index in [1.165, 1.54) is 24.3 Å². The van der Waals surface area contributed by atoms with Crippen LogP contribution in [0.2, 0.25) is 0 Å². The highest BCUT2D eigenvalue weighted by Crippen LogP contribution is 2.41. The summed E-state index contributed by atoms with van der Waals surface area (Å²) in [6.07, 6.45) is 1.70. The van der Waals surface area contributed by atoms with Crippen molar-refractivity contribution in [1.82, 2.24) is 10.3 Å². The molecule has 9 heteroatoms. The zero-order valence-corrected chi connectivity index (χ0v) is 15.2. The Morgan fingerprint density at radius 1 is 1.22 bits per heavy atom. The highest BCUT2D eigenvalue weighted by atomic mass is 32.2. The second-order valence-electron chi connectivity index (χ2n) is 5.88. The van der Waals surface area contributed by atoms with Gasteiger partial charge in [0.15, 0.2) is 5.25 Å². The first-order chi connectivity index (χ1) is 12.9. The number of carbonyl (C=O) groups is 2. The lowest BCUT2D eigenvalue weighted by atomic mass is 10.0. The third-order valence-corrected chi connectivity index (χ3v) is 5.05. The summed E-state index contributed by atoms with van der Waals surface area (Å²) >= 11 is 0.302. The van der Waals surface area contributed by atoms with Gasteiger partial charge in [0.25, 0.3) is 11.2 Å². The van der Waals surface area contributed by atoms with Crippen LogP contribution >= 0.6 is 11.8 Å². The average molecular weight is 393 g/mol. The quantitative estimate of drug-likeness (QED) is 0.780. The van der Waals surface area contributed by atoms with Crippen molar-refractivity contribution >= 4 is 28.7 Å². The Labute approximate surface area is 158 Å². The van der Waals surface area contributed by atoms with E-state index in [2.05, 4.69) is 4.98 Å². The van der Waals surface area contributed by atoms with E-state index in [1.807, 2.05) is 35.5 Å². The summed E-state index contributed by atoms with van der Waals surface area (Å²) in [4.78, 5) is 28.8. The summed E-state index contributed by atoms with van der Waals surface area (Å²) < 4.78 is 34.5. The van der Waals surface area contributed by atoms with Crippen LogP contribution in [-0.2, 0) is 10.7 Å². The van der Waals surface area contributed by atoms with Crippen molar-refractivity contribution in [2.45, 2.75) is 11.2 Å². The van der Waals surface area contributed by atoms with E-state index in [9.17, 15) is 18.4 Å². The summed E-state index contributed by atoms with van der Waals surface area (Å²) in [5.74, 6) is -3.20. The third kappa shape index (κ3) is 4.36. The Morgan fingerprint density at radius 3 is 2.56 bits per heavy atom. The average Bonchev–Trinajstić information content (AvgIpc) is 3.02. The van der Waals surface area contributed by atoms with Crippen molar-refractivity contribution < 1.29 is 23.1 Å². The van der Waals surface area contributed by atoms with Gasteiger partial charge < -0.3 is 9.64 Å². The van der Waals surface area contributed by atoms with Crippen LogP contribution in [0.4, 0.5) is 19.4 Å². The SMILES string of the molecule is CN(CCOc1ccc(C(F)(F)C2SC(=O)NC2=O)cc1)c1ccccn1. The standard InChI is InChI=1S/C18H17F2N3O3S/c1-23(14-4-2-3-9-21-14)10-11-26-13-7-5-12(6-8-13)18(19,20)15-16(24)22-17(25)27-15/h2-9,15H,10-11H2,1H3,(H,22,24,25). The number of alkyl halides is 2. The maximum atomic E-state index is 14.5. The van der Waals surface area contributed by atoms with Crippen molar-refractivity contribution in [3.05, 3.63) is 54.2 Å². The number of hydrogen-bond donors (Lipinski definition) is 1. The summed E-state index contributed by atoms with van der Waals surface area (Å²) in [5.41, 5.74) is -0.345. The molecule has 1 atom stereocenters. The highest BCUT2D eigenvalue weighted by Gasteiger charge is 2.51. The van der Waals surface area contributed by atoms with Gasteiger partial charge in [-0.2, -0.15) is 8.78 Å². The molecule has 142 valence electrons. The van der Waals surface area contributed by atoms with Gasteiger partial charge in [-0.1, -0.05) is 6.07 Å². The Morgan fingerprint density at radius 2 is 1.96 bits per heavy atom. The predicted molar refractivity (Wildman–Crippen MR) is 98.3 cm³/mol. The largest absolute Gasteiger partial charge is 0.492 e. The number of amides is 2. The van der Waals surface area contributed by atoms with Crippen LogP contribution in [0.15, 0.2) is 48.7 Å². The zero-order valence-electron chi connectivity index (χ0n) is 14.4. The lowest BCUT2D eigenvalue weighted by Crippen LogP contribution is -2.36. The Bertz CT molecular complexity index is 818. The smallest absolute Gasteiger partial charge is 0.294 e. The van der Waals surface area contributed by atoms with E-state index >= 15 is 0 Å². The van der Waals surface area contributed by atoms with Crippen molar-refractivity contribution in [2.24, 2.45) is 0 Å². The topological polar surface area (TPSA) is 71.5 Å². The molecule has 0 bridgehead atoms. The minimum Gasteiger partial charge on any atom is -0.492 e. The fourth-order valence-corrected chi connectivity index (χ4v) is 3.34. The number of imide groups is 1. The number of likely N-dealkylation sites (N-methyl/N-ethyl adjacent to an activating group) is 1. The number of rotatable bonds is 7. The molecule has 1 aliphatic heterocycles. The molecule has 1 saturated heterocycles. The molecule has 6 nitrogen and oxygen atoms in total. The minimum absolute atomic E-state index is 0.302. The molecular weight excluding hydrogens is 376 g/mol. The second-order valence-corrected chi connectivity index (χ2v) is 6.96. The number of halogens is 2. The van der Waals surface area contributed by atoms with Crippen LogP contribution in [-0.4, -0.2) is 41.6 Å². The normalized spacial score (nSPS) is 16.9. The molecule has 1 N–H and O–H groups in total. The number of anilines is 1. The second kappa shape index (κ2) is 7.91. The molecule has 1 aromatic heterocycles. The van der Waals surface area contributed by atoms with Crippen molar-refractivity contribution in [2.75, 3.05) is 25.1 Å². The van der Waals surface area contributed by atoms with Gasteiger partial charge in [0, 0.05) is 18.8 Å². The molecule has 2 aromatic rings. The number of hydrogen-bond acceptors (Lipinski definition) is 6. The van der Waals surface area contributed by atoms with E-state index in [0.717, 1.165) is 5.82 Å². The molecule has 3 rings (SSSR count). The molecule has 27 heavy (non-hydrogen) atoms. The van der Waals surface area contributed by atoms with Crippen LogP contribution in [0.5, 0.6) is 5.75 Å². The van der Waals surface area contributed by atoms with Crippen LogP contribution < -0.4 is 15.0 Å². The highest BCUT2D eigenvalue weighted by molar-refractivity contribution is 8.15. The van der Waals surface area contributed by atoms with E-state index in [0.29, 0.717) is 30.7 Å². The summed E-state index contributed by atoms with van der Waals surface area (Å²) in [7, 11) is 1.88. The number of pyridine rings is 1. The van der Waals surface area contributed by atoms with Gasteiger partial charge in [0.1, 0.15) is 18.2 Å². The predicted octanol–water partition coefficient (Wildman–Crippen LogP) is 3.04.